The first-order valence-corrected chi connectivity index (χ1v) is 11.6. The number of esters is 1. The zero-order chi connectivity index (χ0) is 23.3. The van der Waals surface area contributed by atoms with E-state index in [0.717, 1.165) is 5.56 Å². The van der Waals surface area contributed by atoms with Crippen LogP contribution in [0.15, 0.2) is 52.7 Å². The average molecular weight is 479 g/mol. The van der Waals surface area contributed by atoms with Crippen LogP contribution in [-0.2, 0) is 26.2 Å². The van der Waals surface area contributed by atoms with Crippen molar-refractivity contribution in [3.8, 4) is 22.1 Å². The van der Waals surface area contributed by atoms with E-state index in [4.69, 9.17) is 19.0 Å². The molecule has 0 spiro atoms. The number of carbonyl (C=O) groups is 1. The van der Waals surface area contributed by atoms with Crippen molar-refractivity contribution in [2.24, 2.45) is 0 Å². The molecule has 0 unspecified atom stereocenters. The summed E-state index contributed by atoms with van der Waals surface area (Å²) in [6.45, 7) is -0.0728. The minimum absolute atomic E-state index is 0.0728. The number of aromatic nitrogens is 1. The number of methoxy groups -OCH3 is 2. The molecule has 0 atom stereocenters. The van der Waals surface area contributed by atoms with Gasteiger partial charge in [0.05, 0.1) is 43.0 Å². The van der Waals surface area contributed by atoms with Crippen LogP contribution in [0.1, 0.15) is 16.1 Å². The molecule has 0 radical (unpaired) electrons. The number of para-hydroxylation sites is 1. The summed E-state index contributed by atoms with van der Waals surface area (Å²) in [7, 11) is 1.72. The summed E-state index contributed by atoms with van der Waals surface area (Å²) in [4.78, 5) is 21.6. The molecule has 0 bridgehead atoms. The molecule has 0 saturated heterocycles. The normalized spacial score (nSPS) is 11.4. The van der Waals surface area contributed by atoms with Crippen molar-refractivity contribution in [3.63, 3.8) is 0 Å². The Balaban J connectivity index is 1.74. The molecular formula is C21H22N2O7S2. The third-order valence-electron chi connectivity index (χ3n) is 4.50. The number of sulfonamides is 1. The molecular weight excluding hydrogens is 456 g/mol. The highest BCUT2D eigenvalue weighted by atomic mass is 32.2. The van der Waals surface area contributed by atoms with Crippen molar-refractivity contribution in [1.82, 2.24) is 9.45 Å². The maximum atomic E-state index is 12.5. The van der Waals surface area contributed by atoms with Crippen molar-refractivity contribution in [2.45, 2.75) is 11.5 Å². The quantitative estimate of drug-likeness (QED) is 0.341. The summed E-state index contributed by atoms with van der Waals surface area (Å²) in [5.41, 5.74) is 1.40. The first-order valence-electron chi connectivity index (χ1n) is 9.27. The number of thiazole rings is 1. The van der Waals surface area contributed by atoms with Gasteiger partial charge in [-0.15, -0.1) is 11.3 Å². The third-order valence-corrected chi connectivity index (χ3v) is 7.10. The van der Waals surface area contributed by atoms with Crippen molar-refractivity contribution >= 4 is 27.3 Å². The predicted molar refractivity (Wildman–Crippen MR) is 118 cm³/mol. The Kier molecular flexibility index (Phi) is 7.46. The van der Waals surface area contributed by atoms with E-state index in [1.807, 2.05) is 12.1 Å². The molecule has 0 N–H and O–H groups in total. The summed E-state index contributed by atoms with van der Waals surface area (Å²) in [6, 6.07) is 11.0. The van der Waals surface area contributed by atoms with Crippen LogP contribution in [-0.4, -0.2) is 52.2 Å². The van der Waals surface area contributed by atoms with Crippen LogP contribution in [0.2, 0.25) is 0 Å². The maximum Gasteiger partial charge on any atom is 0.338 e. The van der Waals surface area contributed by atoms with Gasteiger partial charge in [0, 0.05) is 12.4 Å². The van der Waals surface area contributed by atoms with Gasteiger partial charge in [0.25, 0.3) is 10.0 Å². The number of hydroxylamine groups is 1. The van der Waals surface area contributed by atoms with Crippen LogP contribution in [0.5, 0.6) is 11.5 Å². The largest absolute Gasteiger partial charge is 0.493 e. The maximum absolute atomic E-state index is 12.5. The highest BCUT2D eigenvalue weighted by Gasteiger charge is 2.22. The number of hydrogen-bond acceptors (Lipinski definition) is 9. The standard InChI is InChI=1S/C21H22N2O7S2/c1-23(29-4)32(25,26)16-8-5-7-14(11-16)21(24)30-12-15-13-31-20(22-15)17-9-6-10-18(27-2)19(17)28-3/h5-11,13H,12H2,1-4H3. The number of nitrogens with zero attached hydrogens (tertiary/aromatic N) is 2. The van der Waals surface area contributed by atoms with Gasteiger partial charge < -0.3 is 14.2 Å². The Morgan fingerprint density at radius 1 is 1.09 bits per heavy atom. The molecule has 0 amide bonds. The summed E-state index contributed by atoms with van der Waals surface area (Å²) in [5, 5.41) is 2.46. The molecule has 9 nitrogen and oxygen atoms in total. The van der Waals surface area contributed by atoms with E-state index in [1.165, 1.54) is 49.8 Å². The van der Waals surface area contributed by atoms with Crippen molar-refractivity contribution in [2.75, 3.05) is 28.4 Å². The predicted octanol–water partition coefficient (Wildman–Crippen LogP) is 3.37. The van der Waals surface area contributed by atoms with E-state index in [1.54, 1.807) is 25.7 Å². The number of rotatable bonds is 9. The Bertz CT molecular complexity index is 1210. The number of ether oxygens (including phenoxy) is 3. The van der Waals surface area contributed by atoms with Crippen molar-refractivity contribution in [3.05, 3.63) is 59.1 Å². The van der Waals surface area contributed by atoms with Crippen molar-refractivity contribution in [1.29, 1.82) is 0 Å². The Morgan fingerprint density at radius 3 is 2.53 bits per heavy atom. The first-order chi connectivity index (χ1) is 15.3. The average Bonchev–Trinajstić information content (AvgIpc) is 3.30. The number of benzene rings is 2. The first kappa shape index (κ1) is 23.7. The van der Waals surface area contributed by atoms with Gasteiger partial charge in [-0.1, -0.05) is 16.6 Å². The molecule has 11 heteroatoms. The van der Waals surface area contributed by atoms with E-state index in [2.05, 4.69) is 4.98 Å². The molecule has 0 fully saturated rings. The Labute approximate surface area is 190 Å². The fraction of sp³-hybridized carbons (Fsp3) is 0.238. The van der Waals surface area contributed by atoms with E-state index in [0.29, 0.717) is 26.7 Å². The second-order valence-electron chi connectivity index (χ2n) is 6.39. The summed E-state index contributed by atoms with van der Waals surface area (Å²) in [5.74, 6) is 0.477. The second-order valence-corrected chi connectivity index (χ2v) is 9.18. The number of carbonyl (C=O) groups excluding carboxylic acids is 1. The number of hydrogen-bond donors (Lipinski definition) is 0. The minimum atomic E-state index is -3.88. The summed E-state index contributed by atoms with van der Waals surface area (Å²) < 4.78 is 41.5. The van der Waals surface area contributed by atoms with Crippen LogP contribution in [0.4, 0.5) is 0 Å². The molecule has 1 heterocycles. The van der Waals surface area contributed by atoms with E-state index < -0.39 is 16.0 Å². The van der Waals surface area contributed by atoms with Crippen LogP contribution in [0.25, 0.3) is 10.6 Å². The lowest BCUT2D eigenvalue weighted by molar-refractivity contribution is -0.0258. The van der Waals surface area contributed by atoms with Crippen LogP contribution in [0.3, 0.4) is 0 Å². The molecule has 1 aromatic heterocycles. The molecule has 0 aliphatic heterocycles. The molecule has 0 saturated carbocycles. The Hall–Kier alpha value is -2.99. The molecule has 32 heavy (non-hydrogen) atoms. The molecule has 0 aliphatic carbocycles. The summed E-state index contributed by atoms with van der Waals surface area (Å²) >= 11 is 1.37. The lowest BCUT2D eigenvalue weighted by Gasteiger charge is -2.14. The SMILES string of the molecule is COc1cccc(-c2nc(COC(=O)c3cccc(S(=O)(=O)N(C)OC)c3)cs2)c1OC. The molecule has 3 aromatic rings. The highest BCUT2D eigenvalue weighted by Crippen LogP contribution is 2.39. The minimum Gasteiger partial charge on any atom is -0.493 e. The van der Waals surface area contributed by atoms with Crippen LogP contribution in [0, 0.1) is 0 Å². The lowest BCUT2D eigenvalue weighted by Crippen LogP contribution is -2.25. The van der Waals surface area contributed by atoms with Gasteiger partial charge in [0.2, 0.25) is 0 Å². The zero-order valence-electron chi connectivity index (χ0n) is 17.9. The fourth-order valence-corrected chi connectivity index (χ4v) is 4.65. The molecule has 0 aliphatic rings. The lowest BCUT2D eigenvalue weighted by atomic mass is 10.2. The van der Waals surface area contributed by atoms with E-state index in [-0.39, 0.29) is 17.1 Å². The van der Waals surface area contributed by atoms with Gasteiger partial charge in [-0.25, -0.2) is 18.2 Å². The Morgan fingerprint density at radius 2 is 1.84 bits per heavy atom. The van der Waals surface area contributed by atoms with Crippen molar-refractivity contribution < 1.29 is 32.3 Å². The molecule has 170 valence electrons. The molecule has 2 aromatic carbocycles. The second kappa shape index (κ2) is 10.1. The third kappa shape index (κ3) is 4.91. The monoisotopic (exact) mass is 478 g/mol. The van der Waals surface area contributed by atoms with Gasteiger partial charge in [-0.3, -0.25) is 4.84 Å². The summed E-state index contributed by atoms with van der Waals surface area (Å²) in [6.07, 6.45) is 0. The van der Waals surface area contributed by atoms with Gasteiger partial charge in [0.15, 0.2) is 11.5 Å². The van der Waals surface area contributed by atoms with Gasteiger partial charge >= 0.3 is 5.97 Å². The van der Waals surface area contributed by atoms with Crippen LogP contribution < -0.4 is 9.47 Å². The zero-order valence-corrected chi connectivity index (χ0v) is 19.5. The van der Waals surface area contributed by atoms with Gasteiger partial charge in [-0.2, -0.15) is 0 Å². The fourth-order valence-electron chi connectivity index (χ4n) is 2.81. The van der Waals surface area contributed by atoms with Crippen LogP contribution >= 0.6 is 11.3 Å². The smallest absolute Gasteiger partial charge is 0.338 e. The van der Waals surface area contributed by atoms with Gasteiger partial charge in [0.1, 0.15) is 11.6 Å². The van der Waals surface area contributed by atoms with Gasteiger partial charge in [-0.05, 0) is 30.3 Å². The van der Waals surface area contributed by atoms with E-state index >= 15 is 0 Å². The molecule has 3 rings (SSSR count). The topological polar surface area (TPSA) is 104 Å². The van der Waals surface area contributed by atoms with E-state index in [9.17, 15) is 13.2 Å². The highest BCUT2D eigenvalue weighted by molar-refractivity contribution is 7.89.